The predicted molar refractivity (Wildman–Crippen MR) is 144 cm³/mol. The average Bonchev–Trinajstić information content (AvgIpc) is 3.35. The van der Waals surface area contributed by atoms with Gasteiger partial charge in [-0.1, -0.05) is 0 Å². The molecule has 0 bridgehead atoms. The minimum atomic E-state index is -2.53. The third-order valence-electron chi connectivity index (χ3n) is 8.48. The standard InChI is InChI=1S/C27H33F2N5O3.ClH/c1-17-14-23-21(24-22(25(35)31-23)16-30-34(24)19-4-12-37-13-5-19)15-20(17)26(36)33-10-8-32(9-11-33)18-2-6-27(28,29)7-3-18;/h14-16,18-19H,2-13H2,1H3,(H,31,35);1H. The first-order chi connectivity index (χ1) is 17.8. The van der Waals surface area contributed by atoms with Crippen LogP contribution in [-0.4, -0.2) is 81.8 Å². The fourth-order valence-corrected chi connectivity index (χ4v) is 6.28. The van der Waals surface area contributed by atoms with Crippen molar-refractivity contribution in [1.29, 1.82) is 0 Å². The van der Waals surface area contributed by atoms with Crippen LogP contribution in [0.3, 0.4) is 0 Å². The Morgan fingerprint density at radius 1 is 1.03 bits per heavy atom. The molecular formula is C27H34ClF2N5O3. The van der Waals surface area contributed by atoms with Crippen LogP contribution in [-0.2, 0) is 4.74 Å². The van der Waals surface area contributed by atoms with Crippen molar-refractivity contribution in [2.45, 2.75) is 63.5 Å². The summed E-state index contributed by atoms with van der Waals surface area (Å²) in [5.41, 5.74) is 2.70. The molecule has 8 nitrogen and oxygen atoms in total. The Labute approximate surface area is 225 Å². The number of aryl methyl sites for hydroxylation is 1. The Kier molecular flexibility index (Phi) is 7.50. The van der Waals surface area contributed by atoms with Gasteiger partial charge in [-0.05, 0) is 50.3 Å². The van der Waals surface area contributed by atoms with Crippen molar-refractivity contribution in [1.82, 2.24) is 24.6 Å². The van der Waals surface area contributed by atoms with E-state index >= 15 is 0 Å². The lowest BCUT2D eigenvalue weighted by Gasteiger charge is -2.42. The average molecular weight is 550 g/mol. The molecule has 2 aromatic heterocycles. The quantitative estimate of drug-likeness (QED) is 0.527. The number of carbonyl (C=O) groups is 1. The molecule has 0 unspecified atom stereocenters. The van der Waals surface area contributed by atoms with E-state index in [2.05, 4.69) is 15.0 Å². The highest BCUT2D eigenvalue weighted by molar-refractivity contribution is 6.07. The van der Waals surface area contributed by atoms with Crippen molar-refractivity contribution in [2.24, 2.45) is 0 Å². The van der Waals surface area contributed by atoms with Gasteiger partial charge in [0.1, 0.15) is 0 Å². The van der Waals surface area contributed by atoms with E-state index in [-0.39, 0.29) is 48.8 Å². The Balaban J connectivity index is 0.00000294. The van der Waals surface area contributed by atoms with Gasteiger partial charge in [0.25, 0.3) is 11.5 Å². The number of ether oxygens (including phenoxy) is 1. The molecule has 2 aliphatic heterocycles. The number of benzene rings is 1. The number of carbonyl (C=O) groups excluding carboxylic acids is 1. The first-order valence-electron chi connectivity index (χ1n) is 13.3. The Hall–Kier alpha value is -2.56. The topological polar surface area (TPSA) is 83.5 Å². The molecule has 1 aliphatic carbocycles. The van der Waals surface area contributed by atoms with E-state index in [0.29, 0.717) is 68.7 Å². The smallest absolute Gasteiger partial charge is 0.259 e. The van der Waals surface area contributed by atoms with Crippen molar-refractivity contribution in [3.63, 3.8) is 0 Å². The second-order valence-electron chi connectivity index (χ2n) is 10.8. The van der Waals surface area contributed by atoms with Gasteiger partial charge in [0.05, 0.1) is 28.7 Å². The number of nitrogens with zero attached hydrogens (tertiary/aromatic N) is 4. The summed E-state index contributed by atoms with van der Waals surface area (Å²) in [6.07, 6.45) is 4.20. The molecule has 38 heavy (non-hydrogen) atoms. The van der Waals surface area contributed by atoms with Crippen LogP contribution in [0.5, 0.6) is 0 Å². The lowest BCUT2D eigenvalue weighted by atomic mass is 9.91. The number of fused-ring (bicyclic) bond motifs is 3. The summed E-state index contributed by atoms with van der Waals surface area (Å²) in [5.74, 6) is -2.57. The number of amides is 1. The lowest BCUT2D eigenvalue weighted by Crippen LogP contribution is -2.53. The molecule has 1 aromatic carbocycles. The Morgan fingerprint density at radius 3 is 2.39 bits per heavy atom. The number of pyridine rings is 1. The number of H-pyrrole nitrogens is 1. The third-order valence-corrected chi connectivity index (χ3v) is 8.48. The Bertz CT molecular complexity index is 1380. The van der Waals surface area contributed by atoms with Crippen molar-refractivity contribution in [3.05, 3.63) is 39.8 Å². The molecule has 206 valence electrons. The molecule has 6 rings (SSSR count). The first kappa shape index (κ1) is 27.0. The molecule has 11 heteroatoms. The highest BCUT2D eigenvalue weighted by Crippen LogP contribution is 2.35. The van der Waals surface area contributed by atoms with E-state index < -0.39 is 5.92 Å². The minimum Gasteiger partial charge on any atom is -0.381 e. The minimum absolute atomic E-state index is 0. The van der Waals surface area contributed by atoms with Gasteiger partial charge in [0.2, 0.25) is 5.92 Å². The van der Waals surface area contributed by atoms with Gasteiger partial charge in [-0.15, -0.1) is 12.4 Å². The van der Waals surface area contributed by atoms with Gasteiger partial charge in [0.15, 0.2) is 0 Å². The molecule has 3 fully saturated rings. The molecule has 4 heterocycles. The fourth-order valence-electron chi connectivity index (χ4n) is 6.28. The number of aromatic amines is 1. The summed E-state index contributed by atoms with van der Waals surface area (Å²) in [6.45, 7) is 5.75. The van der Waals surface area contributed by atoms with E-state index in [4.69, 9.17) is 4.74 Å². The number of halogens is 3. The molecular weight excluding hydrogens is 516 g/mol. The summed E-state index contributed by atoms with van der Waals surface area (Å²) in [6, 6.07) is 4.10. The number of piperazine rings is 1. The molecule has 1 amide bonds. The van der Waals surface area contributed by atoms with E-state index in [1.165, 1.54) is 0 Å². The fraction of sp³-hybridized carbons (Fsp3) is 0.593. The number of nitrogens with one attached hydrogen (secondary N) is 1. The van der Waals surface area contributed by atoms with Crippen LogP contribution < -0.4 is 5.56 Å². The van der Waals surface area contributed by atoms with Crippen LogP contribution >= 0.6 is 12.4 Å². The molecule has 1 saturated carbocycles. The van der Waals surface area contributed by atoms with Crippen LogP contribution in [0, 0.1) is 6.92 Å². The number of hydrogen-bond acceptors (Lipinski definition) is 5. The van der Waals surface area contributed by atoms with Crippen molar-refractivity contribution >= 4 is 40.1 Å². The highest BCUT2D eigenvalue weighted by Gasteiger charge is 2.38. The lowest BCUT2D eigenvalue weighted by molar-refractivity contribution is -0.0571. The van der Waals surface area contributed by atoms with E-state index in [1.807, 2.05) is 28.6 Å². The number of hydrogen-bond donors (Lipinski definition) is 1. The maximum absolute atomic E-state index is 13.7. The molecule has 2 saturated heterocycles. The van der Waals surface area contributed by atoms with E-state index in [9.17, 15) is 18.4 Å². The van der Waals surface area contributed by atoms with Gasteiger partial charge < -0.3 is 14.6 Å². The summed E-state index contributed by atoms with van der Waals surface area (Å²) in [4.78, 5) is 33.6. The van der Waals surface area contributed by atoms with Crippen molar-refractivity contribution < 1.29 is 18.3 Å². The maximum atomic E-state index is 13.7. The molecule has 1 N–H and O–H groups in total. The van der Waals surface area contributed by atoms with Crippen LogP contribution in [0.2, 0.25) is 0 Å². The first-order valence-corrected chi connectivity index (χ1v) is 13.3. The van der Waals surface area contributed by atoms with Crippen molar-refractivity contribution in [3.8, 4) is 0 Å². The van der Waals surface area contributed by atoms with E-state index in [0.717, 1.165) is 29.3 Å². The molecule has 3 aromatic rings. The van der Waals surface area contributed by atoms with Crippen LogP contribution in [0.25, 0.3) is 21.8 Å². The van der Waals surface area contributed by atoms with Gasteiger partial charge in [-0.2, -0.15) is 5.10 Å². The zero-order valence-corrected chi connectivity index (χ0v) is 22.4. The highest BCUT2D eigenvalue weighted by atomic mass is 35.5. The van der Waals surface area contributed by atoms with Crippen LogP contribution in [0.4, 0.5) is 8.78 Å². The van der Waals surface area contributed by atoms with Gasteiger partial charge in [-0.25, -0.2) is 8.78 Å². The van der Waals surface area contributed by atoms with E-state index in [1.54, 1.807) is 6.20 Å². The molecule has 0 spiro atoms. The largest absolute Gasteiger partial charge is 0.381 e. The summed E-state index contributed by atoms with van der Waals surface area (Å²) in [7, 11) is 0. The summed E-state index contributed by atoms with van der Waals surface area (Å²) in [5, 5.41) is 5.91. The zero-order valence-electron chi connectivity index (χ0n) is 21.5. The van der Waals surface area contributed by atoms with Crippen LogP contribution in [0.1, 0.15) is 60.5 Å². The van der Waals surface area contributed by atoms with Crippen LogP contribution in [0.15, 0.2) is 23.1 Å². The normalized spacial score (nSPS) is 21.6. The molecule has 0 atom stereocenters. The second-order valence-corrected chi connectivity index (χ2v) is 10.8. The number of alkyl halides is 2. The molecule has 3 aliphatic rings. The second kappa shape index (κ2) is 10.5. The number of rotatable bonds is 3. The van der Waals surface area contributed by atoms with Gasteiger partial charge >= 0.3 is 0 Å². The predicted octanol–water partition coefficient (Wildman–Crippen LogP) is 4.30. The molecule has 0 radical (unpaired) electrons. The monoisotopic (exact) mass is 549 g/mol. The Morgan fingerprint density at radius 2 is 1.71 bits per heavy atom. The SMILES string of the molecule is Cc1cc2[nH]c(=O)c3cnn(C4CCOCC4)c3c2cc1C(=O)N1CCN(C2CCC(F)(F)CC2)CC1.Cl. The maximum Gasteiger partial charge on any atom is 0.259 e. The van der Waals surface area contributed by atoms with Gasteiger partial charge in [-0.3, -0.25) is 19.2 Å². The van der Waals surface area contributed by atoms with Crippen molar-refractivity contribution in [2.75, 3.05) is 39.4 Å². The number of aromatic nitrogens is 3. The summed E-state index contributed by atoms with van der Waals surface area (Å²) >= 11 is 0. The zero-order chi connectivity index (χ0) is 25.7. The third kappa shape index (κ3) is 4.94. The summed E-state index contributed by atoms with van der Waals surface area (Å²) < 4.78 is 34.6. The van der Waals surface area contributed by atoms with Gasteiger partial charge in [0, 0.05) is 69.2 Å².